The van der Waals surface area contributed by atoms with Gasteiger partial charge in [0.2, 0.25) is 0 Å². The zero-order valence-corrected chi connectivity index (χ0v) is 20.3. The number of halogens is 3. The summed E-state index contributed by atoms with van der Waals surface area (Å²) >= 11 is 0. The van der Waals surface area contributed by atoms with Gasteiger partial charge in [0.1, 0.15) is 12.4 Å². The summed E-state index contributed by atoms with van der Waals surface area (Å²) in [5.41, 5.74) is 16.3. The number of alkyl halides is 3. The predicted octanol–water partition coefficient (Wildman–Crippen LogP) is 4.51. The highest BCUT2D eigenvalue weighted by atomic mass is 19.4. The zero-order chi connectivity index (χ0) is 27.3. The molecule has 198 valence electrons. The lowest BCUT2D eigenvalue weighted by atomic mass is 10.0. The third-order valence-electron chi connectivity index (χ3n) is 5.77. The van der Waals surface area contributed by atoms with E-state index in [4.69, 9.17) is 16.3 Å². The number of hydroxylamine groups is 2. The van der Waals surface area contributed by atoms with E-state index in [1.807, 2.05) is 0 Å². The summed E-state index contributed by atoms with van der Waals surface area (Å²) in [6.07, 6.45) is -1.03. The molecule has 3 aromatic rings. The number of pyridine rings is 1. The van der Waals surface area contributed by atoms with E-state index in [0.717, 1.165) is 11.1 Å². The van der Waals surface area contributed by atoms with Gasteiger partial charge in [-0.3, -0.25) is 14.6 Å². The molecule has 5 N–H and O–H groups in total. The molecule has 0 spiro atoms. The number of aliphatic hydroxyl groups is 1. The lowest BCUT2D eigenvalue weighted by Crippen LogP contribution is -2.36. The van der Waals surface area contributed by atoms with E-state index in [-0.39, 0.29) is 31.0 Å². The second-order valence-corrected chi connectivity index (χ2v) is 8.75. The first-order chi connectivity index (χ1) is 18.1. The van der Waals surface area contributed by atoms with Gasteiger partial charge in [-0.1, -0.05) is 24.3 Å². The van der Waals surface area contributed by atoms with Gasteiger partial charge < -0.3 is 16.6 Å². The Morgan fingerprint density at radius 1 is 1.03 bits per heavy atom. The van der Waals surface area contributed by atoms with E-state index in [1.165, 1.54) is 0 Å². The Hall–Kier alpha value is -4.22. The number of aromatic nitrogens is 1. The van der Waals surface area contributed by atoms with Gasteiger partial charge in [-0.2, -0.15) is 13.2 Å². The van der Waals surface area contributed by atoms with Gasteiger partial charge in [-0.25, -0.2) is 10.1 Å². The average molecular weight is 526 g/mol. The molecule has 0 radical (unpaired) electrons. The van der Waals surface area contributed by atoms with Crippen LogP contribution >= 0.6 is 0 Å². The standard InChI is InChI=1S/C27H26F3N5O3/c28-27(29,30)7-8-35(38-16-17-1-5-23(31)6-2-17)26(37)21-10-20-4-3-19(11-24(20)34-25(32)12-21)22-9-18(15-36)13-33-14-22/h1-6,9-11,13-14,36H,7-8,12,15-16,31H2,(H2,32,34). The molecule has 0 atom stereocenters. The zero-order valence-electron chi connectivity index (χ0n) is 20.3. The number of benzene rings is 2. The fourth-order valence-electron chi connectivity index (χ4n) is 3.82. The number of fused-ring (bicyclic) bond motifs is 1. The van der Waals surface area contributed by atoms with Crippen molar-refractivity contribution in [2.45, 2.75) is 32.2 Å². The Bertz CT molecular complexity index is 1370. The Kier molecular flexibility index (Phi) is 8.08. The molecule has 4 rings (SSSR count). The summed E-state index contributed by atoms with van der Waals surface area (Å²) in [6, 6.07) is 13.7. The maximum Gasteiger partial charge on any atom is 0.390 e. The van der Waals surface area contributed by atoms with Crippen LogP contribution in [0.3, 0.4) is 0 Å². The number of amides is 1. The van der Waals surface area contributed by atoms with Gasteiger partial charge in [0.15, 0.2) is 0 Å². The van der Waals surface area contributed by atoms with Crippen molar-refractivity contribution in [3.63, 3.8) is 0 Å². The molecule has 1 aromatic heterocycles. The topological polar surface area (TPSA) is 127 Å². The number of hydrogen-bond donors (Lipinski definition) is 3. The van der Waals surface area contributed by atoms with Gasteiger partial charge in [-0.15, -0.1) is 0 Å². The summed E-state index contributed by atoms with van der Waals surface area (Å²) in [6.45, 7) is -0.969. The summed E-state index contributed by atoms with van der Waals surface area (Å²) in [5.74, 6) is -0.614. The number of amidine groups is 1. The second kappa shape index (κ2) is 11.4. The minimum atomic E-state index is -4.48. The SMILES string of the molecule is NC1=Nc2cc(-c3cncc(CO)c3)ccc2C=C(C(=O)N(CCC(F)(F)F)OCc2ccc(N)cc2)C1. The molecule has 38 heavy (non-hydrogen) atoms. The lowest BCUT2D eigenvalue weighted by molar-refractivity contribution is -0.201. The van der Waals surface area contributed by atoms with Gasteiger partial charge in [0.05, 0.1) is 25.3 Å². The number of rotatable bonds is 8. The molecule has 2 heterocycles. The highest BCUT2D eigenvalue weighted by molar-refractivity contribution is 6.05. The van der Waals surface area contributed by atoms with E-state index in [0.29, 0.717) is 33.1 Å². The van der Waals surface area contributed by atoms with Crippen LogP contribution in [0.2, 0.25) is 0 Å². The molecule has 0 saturated carbocycles. The number of nitrogens with two attached hydrogens (primary N) is 2. The first-order valence-electron chi connectivity index (χ1n) is 11.7. The maximum atomic E-state index is 13.4. The Balaban J connectivity index is 1.61. The van der Waals surface area contributed by atoms with E-state index >= 15 is 0 Å². The van der Waals surface area contributed by atoms with Crippen LogP contribution < -0.4 is 11.5 Å². The van der Waals surface area contributed by atoms with Crippen LogP contribution in [0.15, 0.2) is 71.5 Å². The van der Waals surface area contributed by atoms with Crippen LogP contribution in [0.5, 0.6) is 0 Å². The Labute approximate surface area is 217 Å². The number of nitrogen functional groups attached to an aromatic ring is 1. The normalized spacial score (nSPS) is 13.3. The van der Waals surface area contributed by atoms with Crippen molar-refractivity contribution in [1.29, 1.82) is 0 Å². The van der Waals surface area contributed by atoms with Crippen molar-refractivity contribution < 1.29 is 27.9 Å². The molecular weight excluding hydrogens is 499 g/mol. The van der Waals surface area contributed by atoms with Crippen molar-refractivity contribution in [3.8, 4) is 11.1 Å². The van der Waals surface area contributed by atoms with Crippen LogP contribution in [0, 0.1) is 0 Å². The molecule has 11 heteroatoms. The Morgan fingerprint density at radius 2 is 1.79 bits per heavy atom. The molecule has 0 fully saturated rings. The van der Waals surface area contributed by atoms with Crippen molar-refractivity contribution in [2.24, 2.45) is 10.7 Å². The molecule has 1 aliphatic heterocycles. The quantitative estimate of drug-likeness (QED) is 0.293. The third kappa shape index (κ3) is 6.96. The van der Waals surface area contributed by atoms with E-state index in [2.05, 4.69) is 9.98 Å². The minimum absolute atomic E-state index is 0.0713. The van der Waals surface area contributed by atoms with Crippen LogP contribution in [-0.2, 0) is 22.8 Å². The average Bonchev–Trinajstić information content (AvgIpc) is 3.06. The molecule has 0 saturated heterocycles. The van der Waals surface area contributed by atoms with Crippen LogP contribution in [0.25, 0.3) is 17.2 Å². The van der Waals surface area contributed by atoms with Gasteiger partial charge in [0, 0.05) is 41.2 Å². The summed E-state index contributed by atoms with van der Waals surface area (Å²) in [7, 11) is 0. The molecule has 0 aliphatic carbocycles. The first kappa shape index (κ1) is 26.8. The number of aliphatic hydroxyl groups excluding tert-OH is 1. The largest absolute Gasteiger partial charge is 0.399 e. The van der Waals surface area contributed by atoms with E-state index < -0.39 is 25.0 Å². The van der Waals surface area contributed by atoms with Crippen LogP contribution in [0.4, 0.5) is 24.5 Å². The summed E-state index contributed by atoms with van der Waals surface area (Å²) < 4.78 is 39.0. The highest BCUT2D eigenvalue weighted by Gasteiger charge is 2.31. The van der Waals surface area contributed by atoms with Gasteiger partial charge in [-0.05, 0) is 47.0 Å². The van der Waals surface area contributed by atoms with E-state index in [9.17, 15) is 23.1 Å². The molecule has 0 bridgehead atoms. The van der Waals surface area contributed by atoms with Crippen LogP contribution in [-0.4, -0.2) is 39.6 Å². The van der Waals surface area contributed by atoms with Gasteiger partial charge in [0.25, 0.3) is 5.91 Å². The molecular formula is C27H26F3N5O3. The monoisotopic (exact) mass is 525 g/mol. The minimum Gasteiger partial charge on any atom is -0.399 e. The van der Waals surface area contributed by atoms with Crippen molar-refractivity contribution in [3.05, 3.63) is 83.2 Å². The fourth-order valence-corrected chi connectivity index (χ4v) is 3.82. The fraction of sp³-hybridized carbons (Fsp3) is 0.222. The number of aliphatic imine (C=N–C) groups is 1. The van der Waals surface area contributed by atoms with Crippen LogP contribution in [0.1, 0.15) is 29.5 Å². The second-order valence-electron chi connectivity index (χ2n) is 8.75. The maximum absolute atomic E-state index is 13.4. The number of carbonyl (C=O) groups excluding carboxylic acids is 1. The third-order valence-corrected chi connectivity index (χ3v) is 5.77. The van der Waals surface area contributed by atoms with E-state index in [1.54, 1.807) is 67.0 Å². The highest BCUT2D eigenvalue weighted by Crippen LogP contribution is 2.32. The first-order valence-corrected chi connectivity index (χ1v) is 11.7. The number of nitrogens with zero attached hydrogens (tertiary/aromatic N) is 3. The number of hydrogen-bond acceptors (Lipinski definition) is 7. The summed E-state index contributed by atoms with van der Waals surface area (Å²) in [5, 5.41) is 10.1. The smallest absolute Gasteiger partial charge is 0.390 e. The molecule has 1 aliphatic rings. The number of carbonyl (C=O) groups is 1. The molecule has 0 unspecified atom stereocenters. The van der Waals surface area contributed by atoms with Crippen molar-refractivity contribution in [2.75, 3.05) is 12.3 Å². The predicted molar refractivity (Wildman–Crippen MR) is 138 cm³/mol. The molecule has 8 nitrogen and oxygen atoms in total. The van der Waals surface area contributed by atoms with Gasteiger partial charge >= 0.3 is 6.18 Å². The van der Waals surface area contributed by atoms with Crippen molar-refractivity contribution >= 4 is 29.2 Å². The van der Waals surface area contributed by atoms with Crippen molar-refractivity contribution in [1.82, 2.24) is 10.0 Å². The molecule has 1 amide bonds. The summed E-state index contributed by atoms with van der Waals surface area (Å²) in [4.78, 5) is 27.4. The molecule has 2 aromatic carbocycles. The lowest BCUT2D eigenvalue weighted by Gasteiger charge is -2.24. The Morgan fingerprint density at radius 3 is 2.50 bits per heavy atom. The number of anilines is 1.